The Labute approximate surface area is 339 Å². The van der Waals surface area contributed by atoms with Crippen LogP contribution in [0.3, 0.4) is 0 Å². The molecule has 4 aromatic carbocycles. The molecule has 0 aromatic heterocycles. The molecule has 1 atom stereocenters. The number of hydrogen-bond acceptors (Lipinski definition) is 0. The second-order valence-corrected chi connectivity index (χ2v) is 15.0. The van der Waals surface area contributed by atoms with Crippen molar-refractivity contribution in [3.05, 3.63) is 166 Å². The first kappa shape index (κ1) is 45.2. The summed E-state index contributed by atoms with van der Waals surface area (Å²) in [6, 6.07) is 26.7. The molecule has 1 unspecified atom stereocenters. The third kappa shape index (κ3) is 11.3. The van der Waals surface area contributed by atoms with E-state index >= 15 is 0 Å². The Kier molecular flexibility index (Phi) is 16.8. The van der Waals surface area contributed by atoms with E-state index in [0.29, 0.717) is 11.3 Å². The molecule has 4 aliphatic carbocycles. The number of fused-ring (bicyclic) bond motifs is 5. The maximum atomic E-state index is 11.9. The monoisotopic (exact) mass is 812 g/mol. The molecule has 5 heteroatoms. The van der Waals surface area contributed by atoms with Gasteiger partial charge in [-0.2, -0.15) is 53.6 Å². The van der Waals surface area contributed by atoms with E-state index in [2.05, 4.69) is 139 Å². The van der Waals surface area contributed by atoms with E-state index in [9.17, 15) is 8.78 Å². The van der Waals surface area contributed by atoms with Gasteiger partial charge in [-0.25, -0.2) is 12.2 Å². The quantitative estimate of drug-likeness (QED) is 0.148. The van der Waals surface area contributed by atoms with Crippen LogP contribution in [0.15, 0.2) is 96.6 Å². The summed E-state index contributed by atoms with van der Waals surface area (Å²) in [6.07, 6.45) is 20.4. The van der Waals surface area contributed by atoms with Gasteiger partial charge in [0.2, 0.25) is 0 Å². The van der Waals surface area contributed by atoms with E-state index in [1.54, 1.807) is 24.3 Å². The average molecular weight is 815 g/mol. The summed E-state index contributed by atoms with van der Waals surface area (Å²) in [5.41, 5.74) is 13.4. The van der Waals surface area contributed by atoms with Gasteiger partial charge in [-0.1, -0.05) is 103 Å². The van der Waals surface area contributed by atoms with Crippen molar-refractivity contribution < 1.29 is 33.0 Å². The van der Waals surface area contributed by atoms with Gasteiger partial charge in [0.25, 0.3) is 0 Å². The van der Waals surface area contributed by atoms with Gasteiger partial charge in [-0.05, 0) is 45.9 Å². The first-order valence-corrected chi connectivity index (χ1v) is 19.0. The molecule has 0 aliphatic heterocycles. The number of benzene rings is 4. The molecule has 4 aromatic rings. The predicted molar refractivity (Wildman–Crippen MR) is 219 cm³/mol. The van der Waals surface area contributed by atoms with E-state index in [1.165, 1.54) is 105 Å². The Bertz CT molecular complexity index is 1780. The van der Waals surface area contributed by atoms with Crippen LogP contribution in [0.1, 0.15) is 95.2 Å². The molecule has 0 fully saturated rings. The molecule has 52 heavy (non-hydrogen) atoms. The average Bonchev–Trinajstić information content (AvgIpc) is 3.86. The van der Waals surface area contributed by atoms with E-state index in [4.69, 9.17) is 0 Å². The van der Waals surface area contributed by atoms with Crippen molar-refractivity contribution in [2.45, 2.75) is 79.1 Å². The molecule has 0 nitrogen and oxygen atoms in total. The number of rotatable bonds is 1. The van der Waals surface area contributed by atoms with Crippen molar-refractivity contribution in [3.63, 3.8) is 0 Å². The van der Waals surface area contributed by atoms with Crippen molar-refractivity contribution in [2.24, 2.45) is 11.3 Å². The Hall–Kier alpha value is -2.97. The third-order valence-electron chi connectivity index (χ3n) is 9.34. The van der Waals surface area contributed by atoms with Crippen LogP contribution < -0.4 is 0 Å². The summed E-state index contributed by atoms with van der Waals surface area (Å²) in [4.78, 5) is 0. The van der Waals surface area contributed by atoms with Crippen LogP contribution in [0.25, 0.3) is 23.3 Å². The standard InChI is InChI=1S/C23H21.C11H17.2C6H4F.CH2.2ClH.Zr/c1-22(2)7-5-14-10-18-16(12-20(14)22)9-17-13-21-15(11-19(17)18)6-8-23(21,3)4;1-5-9-6-7-10(8-9)11(2,3)4;2*7-6-4-2-1-3-5-6;;;;/h5-7,10-13H,9H2,1-4H3;7-9H,5H2,1-4H3;2*1-2,4-5H;1H2;2*1H;/q4*-1;;;;. The number of allylic oxidation sites excluding steroid dienone is 6. The van der Waals surface area contributed by atoms with Gasteiger partial charge < -0.3 is 0 Å². The molecule has 0 N–H and O–H groups in total. The van der Waals surface area contributed by atoms with Crippen molar-refractivity contribution in [2.75, 3.05) is 0 Å². The van der Waals surface area contributed by atoms with Gasteiger partial charge in [0.1, 0.15) is 0 Å². The predicted octanol–water partition coefficient (Wildman–Crippen LogP) is 13.1. The second kappa shape index (κ2) is 19.4. The maximum absolute atomic E-state index is 11.9. The molecular formula is C47H50Cl2F2Zr-4. The van der Waals surface area contributed by atoms with Crippen LogP contribution in [-0.4, -0.2) is 4.21 Å². The van der Waals surface area contributed by atoms with Gasteiger partial charge >= 0.3 is 28.4 Å². The minimum atomic E-state index is -0.234. The van der Waals surface area contributed by atoms with Gasteiger partial charge in [0.15, 0.2) is 0 Å². The molecule has 0 amide bonds. The van der Waals surface area contributed by atoms with E-state index in [-0.39, 0.29) is 47.3 Å². The molecule has 0 saturated heterocycles. The zero-order chi connectivity index (χ0) is 36.7. The molecule has 0 spiro atoms. The fourth-order valence-electron chi connectivity index (χ4n) is 6.36. The second-order valence-electron chi connectivity index (χ2n) is 15.0. The van der Waals surface area contributed by atoms with Crippen LogP contribution >= 0.6 is 24.8 Å². The molecule has 0 bridgehead atoms. The molecule has 0 saturated carbocycles. The Morgan fingerprint density at radius 2 is 1.35 bits per heavy atom. The first-order chi connectivity index (χ1) is 23.7. The van der Waals surface area contributed by atoms with Gasteiger partial charge in [0.05, 0.1) is 0 Å². The van der Waals surface area contributed by atoms with Gasteiger partial charge in [0, 0.05) is 17.0 Å². The summed E-state index contributed by atoms with van der Waals surface area (Å²) < 4.78 is 27.1. The van der Waals surface area contributed by atoms with Crippen LogP contribution in [-0.2, 0) is 41.5 Å². The normalized spacial score (nSPS) is 16.5. The first-order valence-electron chi connectivity index (χ1n) is 17.2. The molecule has 0 heterocycles. The Balaban J connectivity index is 0.000000270. The van der Waals surface area contributed by atoms with Gasteiger partial charge in [-0.15, -0.1) is 60.7 Å². The zero-order valence-corrected chi connectivity index (χ0v) is 35.7. The molecule has 8 rings (SSSR count). The molecule has 274 valence electrons. The summed E-state index contributed by atoms with van der Waals surface area (Å²) >= 11 is 1.30. The fraction of sp³-hybridized carbons (Fsp3) is 0.298. The van der Waals surface area contributed by atoms with Crippen molar-refractivity contribution in [1.82, 2.24) is 0 Å². The van der Waals surface area contributed by atoms with Crippen molar-refractivity contribution in [3.8, 4) is 11.1 Å². The SMILES string of the molecule is CC1(C)[C-]=Cc2cc3c(cc21)Cc1cc2c(cc1-3)C=CC2(C)C.CCC1[C-]=CC(C(C)(C)C)=C1.Cl.Cl.Fc1c[c-]ccc1.Fc1c[c-]ccc1.[CH2]=[Zr]. The van der Waals surface area contributed by atoms with Crippen LogP contribution in [0, 0.1) is 47.3 Å². The van der Waals surface area contributed by atoms with Crippen LogP contribution in [0.2, 0.25) is 0 Å². The third-order valence-corrected chi connectivity index (χ3v) is 9.34. The Morgan fingerprint density at radius 3 is 1.77 bits per heavy atom. The minimum absolute atomic E-state index is 0. The van der Waals surface area contributed by atoms with E-state index < -0.39 is 0 Å². The summed E-state index contributed by atoms with van der Waals surface area (Å²) in [5.74, 6) is 0.106. The zero-order valence-electron chi connectivity index (χ0n) is 31.6. The summed E-state index contributed by atoms with van der Waals surface area (Å²) in [6.45, 7) is 18.1. The van der Waals surface area contributed by atoms with Crippen LogP contribution in [0.5, 0.6) is 0 Å². The molecular weight excluding hydrogens is 765 g/mol. The summed E-state index contributed by atoms with van der Waals surface area (Å²) in [5, 5.41) is 0. The number of halogens is 4. The molecule has 4 aliphatic rings. The fourth-order valence-corrected chi connectivity index (χ4v) is 6.36. The van der Waals surface area contributed by atoms with Crippen molar-refractivity contribution >= 4 is 41.2 Å². The van der Waals surface area contributed by atoms with Crippen LogP contribution in [0.4, 0.5) is 8.78 Å². The Morgan fingerprint density at radius 1 is 0.808 bits per heavy atom. The number of hydrogen-bond donors (Lipinski definition) is 0. The van der Waals surface area contributed by atoms with Crippen molar-refractivity contribution in [1.29, 1.82) is 0 Å². The van der Waals surface area contributed by atoms with E-state index in [1.807, 2.05) is 0 Å². The van der Waals surface area contributed by atoms with E-state index in [0.717, 1.165) is 6.42 Å². The summed E-state index contributed by atoms with van der Waals surface area (Å²) in [7, 11) is 0. The van der Waals surface area contributed by atoms with Gasteiger partial charge in [-0.3, -0.25) is 20.9 Å². The topological polar surface area (TPSA) is 0 Å². The molecule has 0 radical (unpaired) electrons.